The van der Waals surface area contributed by atoms with Crippen LogP contribution in [0.15, 0.2) is 23.3 Å². The highest BCUT2D eigenvalue weighted by atomic mass is 28.4. The van der Waals surface area contributed by atoms with Crippen molar-refractivity contribution in [2.45, 2.75) is 144 Å². The van der Waals surface area contributed by atoms with Crippen LogP contribution in [0, 0.1) is 40.4 Å². The summed E-state index contributed by atoms with van der Waals surface area (Å²) in [7, 11) is -1.70. The fraction of sp³-hybridized carbons (Fsp3) is 0.879. The highest BCUT2D eigenvalue weighted by Crippen LogP contribution is 2.67. The molecule has 35 heavy (non-hydrogen) atoms. The van der Waals surface area contributed by atoms with Crippen molar-refractivity contribution in [3.63, 3.8) is 0 Å². The van der Waals surface area contributed by atoms with Gasteiger partial charge in [-0.25, -0.2) is 0 Å². The zero-order valence-electron chi connectivity index (χ0n) is 25.1. The molecule has 0 radical (unpaired) electrons. The molecule has 4 aliphatic carbocycles. The molecule has 0 amide bonds. The van der Waals surface area contributed by atoms with Crippen LogP contribution in [0.4, 0.5) is 0 Å². The molecule has 4 rings (SSSR count). The van der Waals surface area contributed by atoms with Gasteiger partial charge in [0.05, 0.1) is 0 Å². The Balaban J connectivity index is 1.47. The Morgan fingerprint density at radius 3 is 2.46 bits per heavy atom. The second-order valence-corrected chi connectivity index (χ2v) is 20.3. The van der Waals surface area contributed by atoms with Gasteiger partial charge in [-0.15, -0.1) is 0 Å². The molecule has 4 aliphatic rings. The van der Waals surface area contributed by atoms with Crippen molar-refractivity contribution in [2.75, 3.05) is 0 Å². The minimum Gasteiger partial charge on any atom is -0.414 e. The lowest BCUT2D eigenvalue weighted by molar-refractivity contribution is -0.0563. The Labute approximate surface area is 220 Å². The minimum absolute atomic E-state index is 0.301. The summed E-state index contributed by atoms with van der Waals surface area (Å²) in [5.41, 5.74) is 4.28. The van der Waals surface area contributed by atoms with Crippen molar-refractivity contribution in [3.8, 4) is 0 Å². The van der Waals surface area contributed by atoms with Crippen molar-refractivity contribution in [2.24, 2.45) is 40.4 Å². The van der Waals surface area contributed by atoms with Crippen LogP contribution in [-0.2, 0) is 4.43 Å². The second-order valence-electron chi connectivity index (χ2n) is 15.6. The lowest BCUT2D eigenvalue weighted by atomic mass is 9.47. The molecule has 0 N–H and O–H groups in total. The quantitative estimate of drug-likeness (QED) is 0.261. The van der Waals surface area contributed by atoms with E-state index in [0.29, 0.717) is 22.0 Å². The molecule has 2 heteroatoms. The summed E-state index contributed by atoms with van der Waals surface area (Å²) in [5, 5.41) is 0.301. The average molecular weight is 499 g/mol. The minimum atomic E-state index is -1.70. The Morgan fingerprint density at radius 1 is 1.09 bits per heavy atom. The molecule has 0 spiro atoms. The third-order valence-corrected chi connectivity index (χ3v) is 16.8. The summed E-state index contributed by atoms with van der Waals surface area (Å²) >= 11 is 0. The molecule has 0 unspecified atom stereocenters. The van der Waals surface area contributed by atoms with E-state index < -0.39 is 8.32 Å². The zero-order valence-corrected chi connectivity index (χ0v) is 26.1. The molecule has 0 aromatic heterocycles. The molecule has 8 atom stereocenters. The van der Waals surface area contributed by atoms with Gasteiger partial charge in [0.25, 0.3) is 0 Å². The van der Waals surface area contributed by atoms with Gasteiger partial charge in [-0.3, -0.25) is 0 Å². The average Bonchev–Trinajstić information content (AvgIpc) is 3.10. The van der Waals surface area contributed by atoms with Crippen LogP contribution in [0.5, 0.6) is 0 Å². The van der Waals surface area contributed by atoms with Crippen molar-refractivity contribution in [3.05, 3.63) is 23.3 Å². The Morgan fingerprint density at radius 2 is 1.80 bits per heavy atom. The van der Waals surface area contributed by atoms with Gasteiger partial charge >= 0.3 is 0 Å². The maximum absolute atomic E-state index is 6.94. The Kier molecular flexibility index (Phi) is 7.72. The van der Waals surface area contributed by atoms with Crippen molar-refractivity contribution in [1.29, 1.82) is 0 Å². The van der Waals surface area contributed by atoms with Gasteiger partial charge in [-0.2, -0.15) is 0 Å². The lowest BCUT2D eigenvalue weighted by Crippen LogP contribution is -2.52. The Hall–Kier alpha value is -0.343. The fourth-order valence-corrected chi connectivity index (χ4v) is 10.5. The van der Waals surface area contributed by atoms with E-state index in [9.17, 15) is 0 Å². The maximum atomic E-state index is 6.94. The third-order valence-electron chi connectivity index (χ3n) is 12.3. The van der Waals surface area contributed by atoms with E-state index in [0.717, 1.165) is 29.6 Å². The number of hydrogen-bond acceptors (Lipinski definition) is 1. The second kappa shape index (κ2) is 9.76. The summed E-state index contributed by atoms with van der Waals surface area (Å²) in [5.74, 6) is 4.59. The predicted molar refractivity (Wildman–Crippen MR) is 155 cm³/mol. The van der Waals surface area contributed by atoms with E-state index in [1.807, 2.05) is 0 Å². The van der Waals surface area contributed by atoms with Gasteiger partial charge in [0.15, 0.2) is 8.32 Å². The molecule has 0 bridgehead atoms. The SMILES string of the molecule is CC(C)=CCC[C@@H](C)[C@H]1CC[C@H]2[C@@H]3CC=C4C[C@@H](O[Si](C)(C)C(C)(C)C)CC[C@]4(C)[C@H]3CC[C@]12C. The van der Waals surface area contributed by atoms with Crippen LogP contribution >= 0.6 is 0 Å². The van der Waals surface area contributed by atoms with Crippen LogP contribution in [0.2, 0.25) is 18.1 Å². The van der Waals surface area contributed by atoms with Crippen LogP contribution in [0.3, 0.4) is 0 Å². The van der Waals surface area contributed by atoms with E-state index in [-0.39, 0.29) is 0 Å². The summed E-state index contributed by atoms with van der Waals surface area (Å²) in [6.45, 7) is 24.5. The van der Waals surface area contributed by atoms with Gasteiger partial charge < -0.3 is 4.43 Å². The van der Waals surface area contributed by atoms with Gasteiger partial charge in [0, 0.05) is 6.10 Å². The highest BCUT2D eigenvalue weighted by molar-refractivity contribution is 6.74. The Bertz CT molecular complexity index is 827. The highest BCUT2D eigenvalue weighted by Gasteiger charge is 2.59. The molecule has 0 aromatic rings. The first kappa shape index (κ1) is 27.7. The summed E-state index contributed by atoms with van der Waals surface area (Å²) in [4.78, 5) is 0. The van der Waals surface area contributed by atoms with Crippen molar-refractivity contribution >= 4 is 8.32 Å². The molecule has 200 valence electrons. The third kappa shape index (κ3) is 5.06. The molecular formula is C33H58OSi. The van der Waals surface area contributed by atoms with E-state index >= 15 is 0 Å². The molecule has 1 nitrogen and oxygen atoms in total. The van der Waals surface area contributed by atoms with Gasteiger partial charge in [-0.1, -0.05) is 64.8 Å². The van der Waals surface area contributed by atoms with Crippen LogP contribution in [0.1, 0.15) is 120 Å². The first-order valence-corrected chi connectivity index (χ1v) is 18.1. The van der Waals surface area contributed by atoms with E-state index in [1.165, 1.54) is 69.8 Å². The zero-order chi connectivity index (χ0) is 25.8. The monoisotopic (exact) mass is 498 g/mol. The summed E-state index contributed by atoms with van der Waals surface area (Å²) in [6, 6.07) is 0. The summed E-state index contributed by atoms with van der Waals surface area (Å²) in [6.07, 6.45) is 19.4. The van der Waals surface area contributed by atoms with Crippen molar-refractivity contribution < 1.29 is 4.43 Å². The molecule has 0 aliphatic heterocycles. The largest absolute Gasteiger partial charge is 0.414 e. The predicted octanol–water partition coefficient (Wildman–Crippen LogP) is 10.3. The first-order chi connectivity index (χ1) is 16.2. The van der Waals surface area contributed by atoms with E-state index in [4.69, 9.17) is 4.43 Å². The standard InChI is InChI=1S/C33H58OSi/c1-23(2)12-11-13-24(3)28-16-17-29-27-15-14-25-22-26(34-35(9,10)31(4,5)6)18-20-32(25,7)30(27)19-21-33(28,29)8/h12,14,24,26-30H,11,13,15-22H2,1-10H3/t24-,26+,27+,28-,29+,30+,32+,33-/m1/s1. The van der Waals surface area contributed by atoms with E-state index in [1.54, 1.807) is 5.57 Å². The van der Waals surface area contributed by atoms with Crippen LogP contribution < -0.4 is 0 Å². The van der Waals surface area contributed by atoms with Gasteiger partial charge in [-0.05, 0) is 137 Å². The van der Waals surface area contributed by atoms with Gasteiger partial charge in [0.2, 0.25) is 0 Å². The number of fused-ring (bicyclic) bond motifs is 5. The lowest BCUT2D eigenvalue weighted by Gasteiger charge is -2.59. The molecule has 0 aromatic carbocycles. The van der Waals surface area contributed by atoms with Crippen LogP contribution in [-0.4, -0.2) is 14.4 Å². The fourth-order valence-electron chi connectivity index (χ4n) is 9.13. The van der Waals surface area contributed by atoms with E-state index in [2.05, 4.69) is 80.6 Å². The molecule has 3 fully saturated rings. The molecular weight excluding hydrogens is 440 g/mol. The first-order valence-electron chi connectivity index (χ1n) is 15.2. The van der Waals surface area contributed by atoms with Crippen molar-refractivity contribution in [1.82, 2.24) is 0 Å². The normalized spacial score (nSPS) is 40.3. The molecule has 3 saturated carbocycles. The number of allylic oxidation sites excluding steroid dienone is 3. The van der Waals surface area contributed by atoms with Crippen LogP contribution in [0.25, 0.3) is 0 Å². The number of hydrogen-bond donors (Lipinski definition) is 0. The van der Waals surface area contributed by atoms with Gasteiger partial charge in [0.1, 0.15) is 0 Å². The maximum Gasteiger partial charge on any atom is 0.192 e. The topological polar surface area (TPSA) is 9.23 Å². The molecule has 0 saturated heterocycles. The number of rotatable bonds is 6. The smallest absolute Gasteiger partial charge is 0.192 e. The summed E-state index contributed by atoms with van der Waals surface area (Å²) < 4.78 is 6.94. The molecule has 0 heterocycles.